The molecule has 0 aliphatic carbocycles. The third-order valence-electron chi connectivity index (χ3n) is 4.39. The molecule has 0 aromatic heterocycles. The lowest BCUT2D eigenvalue weighted by atomic mass is 9.78. The molecule has 0 radical (unpaired) electrons. The van der Waals surface area contributed by atoms with Gasteiger partial charge in [-0.25, -0.2) is 4.39 Å². The van der Waals surface area contributed by atoms with Gasteiger partial charge in [0.1, 0.15) is 5.82 Å². The monoisotopic (exact) mass is 269 g/mol. The molecule has 18 heavy (non-hydrogen) atoms. The molecule has 4 heteroatoms. The molecule has 1 N–H and O–H groups in total. The van der Waals surface area contributed by atoms with E-state index in [-0.39, 0.29) is 5.02 Å². The van der Waals surface area contributed by atoms with Crippen molar-refractivity contribution in [2.75, 3.05) is 19.6 Å². The van der Waals surface area contributed by atoms with Gasteiger partial charge in [0.25, 0.3) is 0 Å². The van der Waals surface area contributed by atoms with Crippen LogP contribution in [0.2, 0.25) is 5.02 Å². The summed E-state index contributed by atoms with van der Waals surface area (Å²) in [4.78, 5) is 2.39. The van der Waals surface area contributed by atoms with Crippen LogP contribution in [0.25, 0.3) is 0 Å². The topological polar surface area (TPSA) is 23.5 Å². The Morgan fingerprint density at radius 1 is 1.44 bits per heavy atom. The molecule has 0 amide bonds. The van der Waals surface area contributed by atoms with E-state index in [0.717, 1.165) is 38.0 Å². The molecule has 2 heterocycles. The lowest BCUT2D eigenvalue weighted by Crippen LogP contribution is -2.47. The predicted octanol–water partition coefficient (Wildman–Crippen LogP) is 2.48. The van der Waals surface area contributed by atoms with Gasteiger partial charge in [-0.15, -0.1) is 0 Å². The minimum absolute atomic E-state index is 0.140. The minimum atomic E-state index is -0.673. The summed E-state index contributed by atoms with van der Waals surface area (Å²) >= 11 is 5.68. The van der Waals surface area contributed by atoms with Crippen LogP contribution < -0.4 is 0 Å². The number of nitrogens with zero attached hydrogens (tertiary/aromatic N) is 1. The number of halogens is 2. The van der Waals surface area contributed by atoms with Crippen LogP contribution in [-0.2, 0) is 6.42 Å². The standard InChI is InChI=1S/C14H17ClFNO/c15-12-2-1-10(7-13(12)16)8-14(18)4-6-17-5-3-11(14)9-17/h1-2,7,11,18H,3-6,8-9H2. The first-order valence-corrected chi connectivity index (χ1v) is 6.83. The van der Waals surface area contributed by atoms with E-state index in [1.807, 2.05) is 6.07 Å². The van der Waals surface area contributed by atoms with E-state index in [1.165, 1.54) is 6.07 Å². The van der Waals surface area contributed by atoms with E-state index in [1.54, 1.807) is 6.07 Å². The van der Waals surface area contributed by atoms with Crippen molar-refractivity contribution in [1.82, 2.24) is 4.90 Å². The maximum atomic E-state index is 13.4. The molecule has 0 saturated carbocycles. The molecule has 2 saturated heterocycles. The minimum Gasteiger partial charge on any atom is -0.389 e. The molecule has 3 atom stereocenters. The Balaban J connectivity index is 1.80. The molecule has 2 bridgehead atoms. The zero-order chi connectivity index (χ0) is 12.8. The Bertz CT molecular complexity index is 467. The summed E-state index contributed by atoms with van der Waals surface area (Å²) < 4.78 is 13.4. The molecule has 2 nitrogen and oxygen atoms in total. The Morgan fingerprint density at radius 3 is 3.06 bits per heavy atom. The third-order valence-corrected chi connectivity index (χ3v) is 4.69. The number of benzene rings is 1. The number of fused-ring (bicyclic) bond motifs is 2. The van der Waals surface area contributed by atoms with Crippen LogP contribution in [0.3, 0.4) is 0 Å². The van der Waals surface area contributed by atoms with Crippen molar-refractivity contribution in [2.24, 2.45) is 5.92 Å². The smallest absolute Gasteiger partial charge is 0.142 e. The van der Waals surface area contributed by atoms with Gasteiger partial charge in [-0.1, -0.05) is 17.7 Å². The normalized spacial score (nSPS) is 34.8. The predicted molar refractivity (Wildman–Crippen MR) is 69.2 cm³/mol. The lowest BCUT2D eigenvalue weighted by molar-refractivity contribution is -0.0439. The fraction of sp³-hybridized carbons (Fsp3) is 0.571. The maximum Gasteiger partial charge on any atom is 0.142 e. The molecule has 1 aromatic rings. The van der Waals surface area contributed by atoms with Crippen molar-refractivity contribution in [2.45, 2.75) is 24.9 Å². The van der Waals surface area contributed by atoms with Crippen LogP contribution in [0, 0.1) is 11.7 Å². The van der Waals surface area contributed by atoms with Crippen LogP contribution in [0.15, 0.2) is 18.2 Å². The highest BCUT2D eigenvalue weighted by molar-refractivity contribution is 6.30. The molecule has 1 aromatic carbocycles. The maximum absolute atomic E-state index is 13.4. The lowest BCUT2D eigenvalue weighted by Gasteiger charge is -2.39. The molecule has 0 spiro atoms. The molecule has 2 aliphatic heterocycles. The number of hydrogen-bond donors (Lipinski definition) is 1. The summed E-state index contributed by atoms with van der Waals surface area (Å²) in [6.07, 6.45) is 2.36. The van der Waals surface area contributed by atoms with Gasteiger partial charge in [-0.05, 0) is 37.1 Å². The highest BCUT2D eigenvalue weighted by Gasteiger charge is 2.44. The van der Waals surface area contributed by atoms with Crippen LogP contribution in [0.5, 0.6) is 0 Å². The van der Waals surface area contributed by atoms with Crippen molar-refractivity contribution in [3.8, 4) is 0 Å². The van der Waals surface area contributed by atoms with Gasteiger partial charge >= 0.3 is 0 Å². The van der Waals surface area contributed by atoms with Gasteiger partial charge in [0.2, 0.25) is 0 Å². The van der Waals surface area contributed by atoms with E-state index < -0.39 is 11.4 Å². The quantitative estimate of drug-likeness (QED) is 0.892. The van der Waals surface area contributed by atoms with Gasteiger partial charge in [0.05, 0.1) is 10.6 Å². The average Bonchev–Trinajstić information content (AvgIpc) is 2.75. The van der Waals surface area contributed by atoms with Gasteiger partial charge < -0.3 is 10.0 Å². The molecule has 2 aliphatic rings. The van der Waals surface area contributed by atoms with Crippen LogP contribution in [0.4, 0.5) is 4.39 Å². The summed E-state index contributed by atoms with van der Waals surface area (Å²) in [5, 5.41) is 10.9. The largest absolute Gasteiger partial charge is 0.389 e. The Labute approximate surface area is 111 Å². The summed E-state index contributed by atoms with van der Waals surface area (Å²) in [6.45, 7) is 3.01. The van der Waals surface area contributed by atoms with E-state index in [9.17, 15) is 9.50 Å². The van der Waals surface area contributed by atoms with Gasteiger partial charge in [-0.3, -0.25) is 0 Å². The molecule has 98 valence electrons. The molecular weight excluding hydrogens is 253 g/mol. The van der Waals surface area contributed by atoms with Crippen molar-refractivity contribution < 1.29 is 9.50 Å². The fourth-order valence-electron chi connectivity index (χ4n) is 3.27. The zero-order valence-corrected chi connectivity index (χ0v) is 11.0. The first-order chi connectivity index (χ1) is 8.57. The molecule has 3 rings (SSSR count). The van der Waals surface area contributed by atoms with Gasteiger partial charge in [0.15, 0.2) is 0 Å². The Morgan fingerprint density at radius 2 is 2.28 bits per heavy atom. The Hall–Kier alpha value is -0.640. The van der Waals surface area contributed by atoms with E-state index in [2.05, 4.69) is 4.90 Å². The molecule has 2 fully saturated rings. The first kappa shape index (κ1) is 12.4. The second kappa shape index (κ2) is 4.48. The summed E-state index contributed by atoms with van der Waals surface area (Å²) in [7, 11) is 0. The highest BCUT2D eigenvalue weighted by Crippen LogP contribution is 2.38. The van der Waals surface area contributed by atoms with E-state index >= 15 is 0 Å². The molecular formula is C14H17ClFNO. The van der Waals surface area contributed by atoms with Crippen LogP contribution in [-0.4, -0.2) is 35.2 Å². The fourth-order valence-corrected chi connectivity index (χ4v) is 3.38. The van der Waals surface area contributed by atoms with Gasteiger partial charge in [-0.2, -0.15) is 0 Å². The van der Waals surface area contributed by atoms with E-state index in [0.29, 0.717) is 12.3 Å². The van der Waals surface area contributed by atoms with Crippen molar-refractivity contribution in [3.05, 3.63) is 34.6 Å². The molecule has 3 unspecified atom stereocenters. The Kier molecular flexibility index (Phi) is 3.08. The SMILES string of the molecule is OC1(Cc2ccc(Cl)c(F)c2)CCN2CCC1C2. The first-order valence-electron chi connectivity index (χ1n) is 6.45. The second-order valence-corrected chi connectivity index (χ2v) is 5.97. The van der Waals surface area contributed by atoms with Crippen molar-refractivity contribution in [3.63, 3.8) is 0 Å². The summed E-state index contributed by atoms with van der Waals surface area (Å²) in [6, 6.07) is 4.83. The van der Waals surface area contributed by atoms with E-state index in [4.69, 9.17) is 11.6 Å². The number of hydrogen-bond acceptors (Lipinski definition) is 2. The number of rotatable bonds is 2. The zero-order valence-electron chi connectivity index (χ0n) is 10.2. The summed E-state index contributed by atoms with van der Waals surface area (Å²) in [5.74, 6) is -0.0772. The average molecular weight is 270 g/mol. The second-order valence-electron chi connectivity index (χ2n) is 5.57. The van der Waals surface area contributed by atoms with Crippen molar-refractivity contribution in [1.29, 1.82) is 0 Å². The highest BCUT2D eigenvalue weighted by atomic mass is 35.5. The van der Waals surface area contributed by atoms with Crippen LogP contribution >= 0.6 is 11.6 Å². The number of aliphatic hydroxyl groups is 1. The van der Waals surface area contributed by atoms with Crippen molar-refractivity contribution >= 4 is 11.6 Å². The van der Waals surface area contributed by atoms with Crippen LogP contribution in [0.1, 0.15) is 18.4 Å². The summed E-state index contributed by atoms with van der Waals surface area (Å²) in [5.41, 5.74) is 0.160. The number of piperidine rings is 1. The van der Waals surface area contributed by atoms with Gasteiger partial charge in [0, 0.05) is 25.4 Å². The third kappa shape index (κ3) is 2.15.